The Hall–Kier alpha value is -3.15. The van der Waals surface area contributed by atoms with E-state index in [1.54, 1.807) is 19.5 Å². The molecule has 0 atom stereocenters. The van der Waals surface area contributed by atoms with Gasteiger partial charge >= 0.3 is 0 Å². The number of methoxy groups -OCH3 is 1. The molecule has 0 radical (unpaired) electrons. The van der Waals surface area contributed by atoms with Gasteiger partial charge in [-0.15, -0.1) is 0 Å². The second-order valence-electron chi connectivity index (χ2n) is 5.38. The maximum atomic E-state index is 5.75. The summed E-state index contributed by atoms with van der Waals surface area (Å²) in [6.07, 6.45) is 3.53. The SMILES string of the molecule is CCOc1cc(-c2ccc(OC)nc2)cnc1Nc1cccc(C)n1. The predicted molar refractivity (Wildman–Crippen MR) is 97.4 cm³/mol. The highest BCUT2D eigenvalue weighted by Gasteiger charge is 2.10. The van der Waals surface area contributed by atoms with Gasteiger partial charge < -0.3 is 14.8 Å². The summed E-state index contributed by atoms with van der Waals surface area (Å²) in [6, 6.07) is 11.5. The molecule has 1 N–H and O–H groups in total. The molecule has 0 aliphatic rings. The topological polar surface area (TPSA) is 69.2 Å². The van der Waals surface area contributed by atoms with Gasteiger partial charge in [0.25, 0.3) is 0 Å². The van der Waals surface area contributed by atoms with Gasteiger partial charge in [0.05, 0.1) is 13.7 Å². The summed E-state index contributed by atoms with van der Waals surface area (Å²) < 4.78 is 10.8. The van der Waals surface area contributed by atoms with Crippen molar-refractivity contribution in [3.05, 3.63) is 54.5 Å². The van der Waals surface area contributed by atoms with Gasteiger partial charge in [0.2, 0.25) is 5.88 Å². The van der Waals surface area contributed by atoms with Crippen LogP contribution in [0.5, 0.6) is 11.6 Å². The fraction of sp³-hybridized carbons (Fsp3) is 0.211. The number of rotatable bonds is 6. The third-order valence-corrected chi connectivity index (χ3v) is 3.57. The van der Waals surface area contributed by atoms with Gasteiger partial charge in [-0.3, -0.25) is 0 Å². The predicted octanol–water partition coefficient (Wildman–Crippen LogP) is 4.00. The fourth-order valence-electron chi connectivity index (χ4n) is 2.37. The number of pyridine rings is 3. The first kappa shape index (κ1) is 16.7. The van der Waals surface area contributed by atoms with E-state index in [4.69, 9.17) is 9.47 Å². The normalized spacial score (nSPS) is 10.4. The molecule has 0 fully saturated rings. The maximum Gasteiger partial charge on any atom is 0.212 e. The molecule has 0 unspecified atom stereocenters. The molecule has 0 aliphatic carbocycles. The molecule has 0 aliphatic heterocycles. The first-order valence-electron chi connectivity index (χ1n) is 8.03. The Morgan fingerprint density at radius 2 is 1.88 bits per heavy atom. The zero-order chi connectivity index (χ0) is 17.6. The monoisotopic (exact) mass is 336 g/mol. The molecule has 3 heterocycles. The van der Waals surface area contributed by atoms with E-state index < -0.39 is 0 Å². The summed E-state index contributed by atoms with van der Waals surface area (Å²) >= 11 is 0. The van der Waals surface area contributed by atoms with Crippen LogP contribution in [0.4, 0.5) is 11.6 Å². The highest BCUT2D eigenvalue weighted by atomic mass is 16.5. The van der Waals surface area contributed by atoms with Crippen LogP contribution in [0, 0.1) is 6.92 Å². The van der Waals surface area contributed by atoms with Crippen molar-refractivity contribution in [3.63, 3.8) is 0 Å². The van der Waals surface area contributed by atoms with E-state index in [0.29, 0.717) is 24.1 Å². The van der Waals surface area contributed by atoms with Crippen LogP contribution in [0.25, 0.3) is 11.1 Å². The summed E-state index contributed by atoms with van der Waals surface area (Å²) in [5.74, 6) is 2.60. The molecule has 3 aromatic heterocycles. The van der Waals surface area contributed by atoms with E-state index in [2.05, 4.69) is 20.3 Å². The Bertz CT molecular complexity index is 850. The minimum absolute atomic E-state index is 0.544. The molecule has 0 spiro atoms. The van der Waals surface area contributed by atoms with Crippen LogP contribution in [0.2, 0.25) is 0 Å². The quantitative estimate of drug-likeness (QED) is 0.734. The van der Waals surface area contributed by atoms with E-state index in [1.807, 2.05) is 50.2 Å². The number of anilines is 2. The first-order valence-corrected chi connectivity index (χ1v) is 8.03. The van der Waals surface area contributed by atoms with Crippen LogP contribution in [0.15, 0.2) is 48.8 Å². The highest BCUT2D eigenvalue weighted by molar-refractivity contribution is 5.69. The number of hydrogen-bond donors (Lipinski definition) is 1. The van der Waals surface area contributed by atoms with Gasteiger partial charge in [-0.25, -0.2) is 15.0 Å². The van der Waals surface area contributed by atoms with Crippen molar-refractivity contribution in [1.29, 1.82) is 0 Å². The fourth-order valence-corrected chi connectivity index (χ4v) is 2.37. The van der Waals surface area contributed by atoms with Crippen LogP contribution < -0.4 is 14.8 Å². The van der Waals surface area contributed by atoms with E-state index in [0.717, 1.165) is 22.6 Å². The summed E-state index contributed by atoms with van der Waals surface area (Å²) in [4.78, 5) is 13.2. The lowest BCUT2D eigenvalue weighted by Gasteiger charge is -2.13. The molecule has 0 bridgehead atoms. The number of ether oxygens (including phenoxy) is 2. The van der Waals surface area contributed by atoms with Crippen molar-refractivity contribution < 1.29 is 9.47 Å². The first-order chi connectivity index (χ1) is 12.2. The minimum Gasteiger partial charge on any atom is -0.490 e. The summed E-state index contributed by atoms with van der Waals surface area (Å²) in [6.45, 7) is 4.43. The lowest BCUT2D eigenvalue weighted by molar-refractivity contribution is 0.341. The van der Waals surface area contributed by atoms with Gasteiger partial charge in [-0.05, 0) is 38.1 Å². The largest absolute Gasteiger partial charge is 0.490 e. The Morgan fingerprint density at radius 3 is 2.56 bits per heavy atom. The Morgan fingerprint density at radius 1 is 1.04 bits per heavy atom. The van der Waals surface area contributed by atoms with E-state index >= 15 is 0 Å². The summed E-state index contributed by atoms with van der Waals surface area (Å²) in [5.41, 5.74) is 2.79. The molecule has 128 valence electrons. The summed E-state index contributed by atoms with van der Waals surface area (Å²) in [5, 5.41) is 3.21. The molecule has 6 nitrogen and oxygen atoms in total. The molecule has 0 aromatic carbocycles. The van der Waals surface area contributed by atoms with Crippen molar-refractivity contribution in [2.24, 2.45) is 0 Å². The minimum atomic E-state index is 0.544. The second-order valence-corrected chi connectivity index (χ2v) is 5.38. The molecular weight excluding hydrogens is 316 g/mol. The van der Waals surface area contributed by atoms with Crippen LogP contribution in [0.3, 0.4) is 0 Å². The van der Waals surface area contributed by atoms with Gasteiger partial charge in [0.1, 0.15) is 5.82 Å². The average molecular weight is 336 g/mol. The Labute approximate surface area is 146 Å². The molecule has 25 heavy (non-hydrogen) atoms. The molecule has 0 saturated heterocycles. The zero-order valence-corrected chi connectivity index (χ0v) is 14.5. The van der Waals surface area contributed by atoms with Crippen LogP contribution in [-0.2, 0) is 0 Å². The molecule has 3 rings (SSSR count). The van der Waals surface area contributed by atoms with Crippen molar-refractivity contribution >= 4 is 11.6 Å². The van der Waals surface area contributed by atoms with Crippen molar-refractivity contribution in [3.8, 4) is 22.8 Å². The highest BCUT2D eigenvalue weighted by Crippen LogP contribution is 2.30. The number of nitrogens with one attached hydrogen (secondary N) is 1. The standard InChI is InChI=1S/C19H20N4O2/c1-4-25-16-10-15(14-8-9-18(24-3)20-11-14)12-21-19(16)23-17-7-5-6-13(2)22-17/h5-12H,4H2,1-3H3,(H,21,22,23). The van der Waals surface area contributed by atoms with Crippen molar-refractivity contribution in [2.45, 2.75) is 13.8 Å². The number of aryl methyl sites for hydroxylation is 1. The Kier molecular flexibility index (Phi) is 5.09. The van der Waals surface area contributed by atoms with Crippen LogP contribution in [-0.4, -0.2) is 28.7 Å². The zero-order valence-electron chi connectivity index (χ0n) is 14.5. The smallest absolute Gasteiger partial charge is 0.212 e. The maximum absolute atomic E-state index is 5.75. The van der Waals surface area contributed by atoms with E-state index in [9.17, 15) is 0 Å². The molecule has 6 heteroatoms. The van der Waals surface area contributed by atoms with Gasteiger partial charge in [0.15, 0.2) is 11.6 Å². The average Bonchev–Trinajstić information content (AvgIpc) is 2.63. The van der Waals surface area contributed by atoms with Crippen molar-refractivity contribution in [1.82, 2.24) is 15.0 Å². The number of nitrogens with zero attached hydrogens (tertiary/aromatic N) is 3. The summed E-state index contributed by atoms with van der Waals surface area (Å²) in [7, 11) is 1.59. The van der Waals surface area contributed by atoms with E-state index in [1.165, 1.54) is 0 Å². The van der Waals surface area contributed by atoms with Gasteiger partial charge in [-0.1, -0.05) is 6.07 Å². The van der Waals surface area contributed by atoms with Gasteiger partial charge in [0, 0.05) is 35.3 Å². The second kappa shape index (κ2) is 7.61. The molecule has 0 amide bonds. The van der Waals surface area contributed by atoms with Gasteiger partial charge in [-0.2, -0.15) is 0 Å². The van der Waals surface area contributed by atoms with Crippen LogP contribution in [0.1, 0.15) is 12.6 Å². The molecular formula is C19H20N4O2. The van der Waals surface area contributed by atoms with E-state index in [-0.39, 0.29) is 0 Å². The Balaban J connectivity index is 1.91. The number of aromatic nitrogens is 3. The van der Waals surface area contributed by atoms with Crippen LogP contribution >= 0.6 is 0 Å². The lowest BCUT2D eigenvalue weighted by Crippen LogP contribution is -2.02. The molecule has 3 aromatic rings. The molecule has 0 saturated carbocycles. The third-order valence-electron chi connectivity index (χ3n) is 3.57. The lowest BCUT2D eigenvalue weighted by atomic mass is 10.1. The van der Waals surface area contributed by atoms with Crippen molar-refractivity contribution in [2.75, 3.05) is 19.0 Å². The third kappa shape index (κ3) is 4.03. The number of hydrogen-bond acceptors (Lipinski definition) is 6.